The highest BCUT2D eigenvalue weighted by molar-refractivity contribution is 7.91. The molecular formula is C13H24N2O5S. The number of nitrogens with one attached hydrogen (secondary N) is 1. The molecular weight excluding hydrogens is 296 g/mol. The molecule has 1 aliphatic rings. The van der Waals surface area contributed by atoms with E-state index >= 15 is 0 Å². The van der Waals surface area contributed by atoms with Gasteiger partial charge >= 0.3 is 5.97 Å². The summed E-state index contributed by atoms with van der Waals surface area (Å²) < 4.78 is 27.6. The van der Waals surface area contributed by atoms with E-state index < -0.39 is 21.3 Å². The normalized spacial score (nSPS) is 24.3. The molecule has 1 saturated heterocycles. The van der Waals surface area contributed by atoms with Gasteiger partial charge in [0.1, 0.15) is 0 Å². The van der Waals surface area contributed by atoms with E-state index in [4.69, 9.17) is 0 Å². The van der Waals surface area contributed by atoms with E-state index in [1.165, 1.54) is 7.11 Å². The average Bonchev–Trinajstić information content (AvgIpc) is 2.61. The van der Waals surface area contributed by atoms with Crippen molar-refractivity contribution in [2.45, 2.75) is 38.8 Å². The maximum absolute atomic E-state index is 12.1. The van der Waals surface area contributed by atoms with Crippen molar-refractivity contribution in [3.63, 3.8) is 0 Å². The number of methoxy groups -OCH3 is 1. The molecule has 1 aliphatic heterocycles. The van der Waals surface area contributed by atoms with E-state index in [-0.39, 0.29) is 36.5 Å². The average molecular weight is 320 g/mol. The van der Waals surface area contributed by atoms with E-state index in [1.54, 1.807) is 11.8 Å². The topological polar surface area (TPSA) is 92.8 Å². The molecule has 0 aromatic rings. The van der Waals surface area contributed by atoms with Crippen molar-refractivity contribution in [1.29, 1.82) is 0 Å². The smallest absolute Gasteiger partial charge is 0.319 e. The molecule has 0 aromatic heterocycles. The van der Waals surface area contributed by atoms with Gasteiger partial charge in [0.15, 0.2) is 9.84 Å². The molecule has 21 heavy (non-hydrogen) atoms. The van der Waals surface area contributed by atoms with Crippen LogP contribution in [0.3, 0.4) is 0 Å². The first-order valence-corrected chi connectivity index (χ1v) is 8.71. The first-order valence-electron chi connectivity index (χ1n) is 6.89. The Hall–Kier alpha value is -1.15. The van der Waals surface area contributed by atoms with Gasteiger partial charge in [-0.2, -0.15) is 0 Å². The van der Waals surface area contributed by atoms with Crippen LogP contribution in [0.25, 0.3) is 0 Å². The summed E-state index contributed by atoms with van der Waals surface area (Å²) in [5.74, 6) is -0.636. The molecule has 1 N–H and O–H groups in total. The molecule has 0 spiro atoms. The third-order valence-corrected chi connectivity index (χ3v) is 5.48. The lowest BCUT2D eigenvalue weighted by molar-refractivity contribution is -0.142. The monoisotopic (exact) mass is 320 g/mol. The second-order valence-corrected chi connectivity index (χ2v) is 8.21. The lowest BCUT2D eigenvalue weighted by Gasteiger charge is -2.28. The zero-order valence-corrected chi connectivity index (χ0v) is 13.8. The lowest BCUT2D eigenvalue weighted by atomic mass is 10.0. The molecule has 0 radical (unpaired) electrons. The Kier molecular flexibility index (Phi) is 5.75. The Morgan fingerprint density at radius 1 is 1.33 bits per heavy atom. The molecule has 1 atom stereocenters. The van der Waals surface area contributed by atoms with Crippen molar-refractivity contribution in [2.75, 3.05) is 31.7 Å². The fourth-order valence-electron chi connectivity index (χ4n) is 2.32. The minimum Gasteiger partial charge on any atom is -0.468 e. The van der Waals surface area contributed by atoms with Crippen LogP contribution in [0.4, 0.5) is 0 Å². The van der Waals surface area contributed by atoms with E-state index in [9.17, 15) is 18.0 Å². The van der Waals surface area contributed by atoms with E-state index in [0.717, 1.165) is 0 Å². The number of nitrogens with zero attached hydrogens (tertiary/aromatic N) is 1. The van der Waals surface area contributed by atoms with Gasteiger partial charge in [-0.15, -0.1) is 0 Å². The Balaban J connectivity index is 2.60. The quantitative estimate of drug-likeness (QED) is 0.667. The number of hydrogen-bond donors (Lipinski definition) is 1. The van der Waals surface area contributed by atoms with Crippen molar-refractivity contribution < 1.29 is 22.7 Å². The zero-order valence-electron chi connectivity index (χ0n) is 13.0. The molecule has 1 unspecified atom stereocenters. The Bertz CT molecular complexity index is 503. The number of amides is 1. The van der Waals surface area contributed by atoms with Gasteiger partial charge in [-0.05, 0) is 27.2 Å². The van der Waals surface area contributed by atoms with Gasteiger partial charge in [-0.25, -0.2) is 8.42 Å². The lowest BCUT2D eigenvalue weighted by Crippen LogP contribution is -2.51. The van der Waals surface area contributed by atoms with Crippen LogP contribution in [-0.2, 0) is 24.2 Å². The van der Waals surface area contributed by atoms with Gasteiger partial charge in [0.25, 0.3) is 0 Å². The summed E-state index contributed by atoms with van der Waals surface area (Å²) in [6.45, 7) is 5.53. The highest BCUT2D eigenvalue weighted by atomic mass is 32.2. The predicted octanol–water partition coefficient (Wildman–Crippen LogP) is -0.437. The van der Waals surface area contributed by atoms with Crippen molar-refractivity contribution in [3.05, 3.63) is 0 Å². The van der Waals surface area contributed by atoms with E-state index in [1.807, 2.05) is 13.8 Å². The summed E-state index contributed by atoms with van der Waals surface area (Å²) in [7, 11) is -1.77. The van der Waals surface area contributed by atoms with Gasteiger partial charge in [0, 0.05) is 6.04 Å². The SMILES string of the molecule is COC(=O)CN(CC(=O)NC1(C)CCS(=O)(=O)C1)C(C)C. The zero-order chi connectivity index (χ0) is 16.3. The number of carbonyl (C=O) groups excluding carboxylic acids is 2. The number of sulfone groups is 1. The molecule has 1 fully saturated rings. The van der Waals surface area contributed by atoms with Crippen molar-refractivity contribution in [3.8, 4) is 0 Å². The van der Waals surface area contributed by atoms with Gasteiger partial charge in [-0.1, -0.05) is 0 Å². The minimum atomic E-state index is -3.07. The number of ether oxygens (including phenoxy) is 1. The van der Waals surface area contributed by atoms with Crippen LogP contribution in [0.15, 0.2) is 0 Å². The van der Waals surface area contributed by atoms with E-state index in [0.29, 0.717) is 6.42 Å². The van der Waals surface area contributed by atoms with Crippen LogP contribution in [0.5, 0.6) is 0 Å². The second-order valence-electron chi connectivity index (χ2n) is 6.03. The van der Waals surface area contributed by atoms with Gasteiger partial charge in [0.05, 0.1) is 37.2 Å². The molecule has 0 aliphatic carbocycles. The number of carbonyl (C=O) groups is 2. The van der Waals surface area contributed by atoms with Gasteiger partial charge < -0.3 is 10.1 Å². The Morgan fingerprint density at radius 2 is 1.95 bits per heavy atom. The third-order valence-electron chi connectivity index (χ3n) is 3.58. The molecule has 0 bridgehead atoms. The van der Waals surface area contributed by atoms with Crippen LogP contribution < -0.4 is 5.32 Å². The largest absolute Gasteiger partial charge is 0.468 e. The highest BCUT2D eigenvalue weighted by Crippen LogP contribution is 2.22. The fourth-order valence-corrected chi connectivity index (χ4v) is 4.41. The summed E-state index contributed by atoms with van der Waals surface area (Å²) in [5, 5.41) is 2.78. The standard InChI is InChI=1S/C13H24N2O5S/c1-10(2)15(8-12(17)20-4)7-11(16)14-13(3)5-6-21(18,19)9-13/h10H,5-9H2,1-4H3,(H,14,16). The maximum Gasteiger partial charge on any atom is 0.319 e. The van der Waals surface area contributed by atoms with Crippen LogP contribution >= 0.6 is 0 Å². The van der Waals surface area contributed by atoms with Crippen LogP contribution in [0, 0.1) is 0 Å². The molecule has 1 rings (SSSR count). The fraction of sp³-hybridized carbons (Fsp3) is 0.846. The van der Waals surface area contributed by atoms with Gasteiger partial charge in [0.2, 0.25) is 5.91 Å². The summed E-state index contributed by atoms with van der Waals surface area (Å²) >= 11 is 0. The Morgan fingerprint density at radius 3 is 2.38 bits per heavy atom. The minimum absolute atomic E-state index is 0.00466. The van der Waals surface area contributed by atoms with Crippen LogP contribution in [-0.4, -0.2) is 68.5 Å². The maximum atomic E-state index is 12.1. The summed E-state index contributed by atoms with van der Waals surface area (Å²) in [6.07, 6.45) is 0.416. The van der Waals surface area contributed by atoms with Crippen molar-refractivity contribution >= 4 is 21.7 Å². The molecule has 0 aromatic carbocycles. The number of hydrogen-bond acceptors (Lipinski definition) is 6. The number of esters is 1. The highest BCUT2D eigenvalue weighted by Gasteiger charge is 2.39. The molecule has 1 amide bonds. The molecule has 7 nitrogen and oxygen atoms in total. The van der Waals surface area contributed by atoms with Gasteiger partial charge in [-0.3, -0.25) is 14.5 Å². The molecule has 8 heteroatoms. The van der Waals surface area contributed by atoms with E-state index in [2.05, 4.69) is 10.1 Å². The summed E-state index contributed by atoms with van der Waals surface area (Å²) in [4.78, 5) is 25.1. The predicted molar refractivity (Wildman–Crippen MR) is 78.5 cm³/mol. The third kappa shape index (κ3) is 5.62. The van der Waals surface area contributed by atoms with Crippen LogP contribution in [0.2, 0.25) is 0 Å². The van der Waals surface area contributed by atoms with Crippen molar-refractivity contribution in [2.24, 2.45) is 0 Å². The molecule has 122 valence electrons. The Labute approximate surface area is 125 Å². The first kappa shape index (κ1) is 17.9. The second kappa shape index (κ2) is 6.74. The molecule has 0 saturated carbocycles. The van der Waals surface area contributed by atoms with Crippen molar-refractivity contribution in [1.82, 2.24) is 10.2 Å². The first-order chi connectivity index (χ1) is 9.57. The van der Waals surface area contributed by atoms with Crippen LogP contribution in [0.1, 0.15) is 27.2 Å². The summed E-state index contributed by atoms with van der Waals surface area (Å²) in [6, 6.07) is -0.00466. The number of rotatable bonds is 6. The molecule has 1 heterocycles. The summed E-state index contributed by atoms with van der Waals surface area (Å²) in [5.41, 5.74) is -0.718.